The van der Waals surface area contributed by atoms with Gasteiger partial charge in [-0.15, -0.1) is 0 Å². The highest BCUT2D eigenvalue weighted by Crippen LogP contribution is 2.33. The Kier molecular flexibility index (Phi) is 7.95. The van der Waals surface area contributed by atoms with Crippen LogP contribution >= 0.6 is 0 Å². The summed E-state index contributed by atoms with van der Waals surface area (Å²) in [4.78, 5) is 27.6. The number of hydrogen-bond acceptors (Lipinski definition) is 5. The first-order valence-corrected chi connectivity index (χ1v) is 12.5. The van der Waals surface area contributed by atoms with Crippen molar-refractivity contribution in [2.45, 2.75) is 45.9 Å². The van der Waals surface area contributed by atoms with Gasteiger partial charge in [-0.25, -0.2) is 0 Å². The average molecular weight is 502 g/mol. The number of methoxy groups -OCH3 is 1. The fourth-order valence-corrected chi connectivity index (χ4v) is 4.31. The minimum absolute atomic E-state index is 0.0854. The number of nitrogens with zero attached hydrogens (tertiary/aromatic N) is 1. The molecule has 0 radical (unpaired) electrons. The molecule has 0 saturated carbocycles. The lowest BCUT2D eigenvalue weighted by molar-refractivity contribution is -0.122. The summed E-state index contributed by atoms with van der Waals surface area (Å²) in [5, 5.41) is 5.78. The van der Waals surface area contributed by atoms with Gasteiger partial charge in [0, 0.05) is 37.0 Å². The highest BCUT2D eigenvalue weighted by molar-refractivity contribution is 6.05. The van der Waals surface area contributed by atoms with E-state index in [1.54, 1.807) is 32.2 Å². The third kappa shape index (κ3) is 6.37. The maximum absolute atomic E-state index is 13.3. The van der Waals surface area contributed by atoms with Gasteiger partial charge in [-0.3, -0.25) is 14.5 Å². The highest BCUT2D eigenvalue weighted by atomic mass is 16.5. The number of fused-ring (bicyclic) bond motifs is 1. The first kappa shape index (κ1) is 26.4. The Morgan fingerprint density at radius 1 is 1.08 bits per heavy atom. The molecule has 1 aliphatic rings. The van der Waals surface area contributed by atoms with Crippen LogP contribution in [-0.4, -0.2) is 48.6 Å². The SMILES string of the molecule is COCCN(Cc1cc(C(=O)Nc2ccc3c(c2)NC(=O)C(C)O3)ccc1-c1ccccc1)C(C)(C)C. The Morgan fingerprint density at radius 3 is 2.54 bits per heavy atom. The van der Waals surface area contributed by atoms with Crippen LogP contribution in [0.25, 0.3) is 11.1 Å². The number of hydrogen-bond donors (Lipinski definition) is 2. The molecule has 2 N–H and O–H groups in total. The van der Waals surface area contributed by atoms with Crippen LogP contribution in [0.4, 0.5) is 11.4 Å². The molecule has 2 amide bonds. The van der Waals surface area contributed by atoms with Gasteiger partial charge in [0.25, 0.3) is 11.8 Å². The second-order valence-electron chi connectivity index (χ2n) is 10.2. The molecular formula is C30H35N3O4. The number of rotatable bonds is 8. The Balaban J connectivity index is 1.63. The lowest BCUT2D eigenvalue weighted by atomic mass is 9.95. The third-order valence-electron chi connectivity index (χ3n) is 6.50. The lowest BCUT2D eigenvalue weighted by Crippen LogP contribution is -2.42. The van der Waals surface area contributed by atoms with E-state index in [1.165, 1.54) is 0 Å². The summed E-state index contributed by atoms with van der Waals surface area (Å²) >= 11 is 0. The van der Waals surface area contributed by atoms with Gasteiger partial charge in [-0.05, 0) is 74.7 Å². The van der Waals surface area contributed by atoms with E-state index < -0.39 is 6.10 Å². The first-order chi connectivity index (χ1) is 17.7. The molecule has 0 spiro atoms. The van der Waals surface area contributed by atoms with E-state index >= 15 is 0 Å². The number of anilines is 2. The smallest absolute Gasteiger partial charge is 0.265 e. The minimum atomic E-state index is -0.550. The molecule has 37 heavy (non-hydrogen) atoms. The molecule has 4 rings (SSSR count). The summed E-state index contributed by atoms with van der Waals surface area (Å²) in [6.45, 7) is 10.3. The van der Waals surface area contributed by atoms with Gasteiger partial charge < -0.3 is 20.1 Å². The third-order valence-corrected chi connectivity index (χ3v) is 6.50. The normalized spacial score (nSPS) is 15.1. The van der Waals surface area contributed by atoms with E-state index in [9.17, 15) is 9.59 Å². The molecule has 0 saturated heterocycles. The number of ether oxygens (including phenoxy) is 2. The zero-order valence-electron chi connectivity index (χ0n) is 22.1. The molecule has 7 nitrogen and oxygen atoms in total. The summed E-state index contributed by atoms with van der Waals surface area (Å²) in [6.07, 6.45) is -0.550. The van der Waals surface area contributed by atoms with E-state index in [0.717, 1.165) is 23.2 Å². The zero-order valence-corrected chi connectivity index (χ0v) is 22.1. The fourth-order valence-electron chi connectivity index (χ4n) is 4.31. The van der Waals surface area contributed by atoms with E-state index in [0.29, 0.717) is 35.8 Å². The van der Waals surface area contributed by atoms with Crippen molar-refractivity contribution in [3.63, 3.8) is 0 Å². The van der Waals surface area contributed by atoms with Crippen molar-refractivity contribution in [1.29, 1.82) is 0 Å². The summed E-state index contributed by atoms with van der Waals surface area (Å²) in [7, 11) is 1.71. The monoisotopic (exact) mass is 501 g/mol. The molecule has 1 atom stereocenters. The molecule has 194 valence electrons. The Morgan fingerprint density at radius 2 is 1.84 bits per heavy atom. The van der Waals surface area contributed by atoms with Crippen LogP contribution in [0.1, 0.15) is 43.6 Å². The number of amides is 2. The van der Waals surface area contributed by atoms with Crippen molar-refractivity contribution in [3.8, 4) is 16.9 Å². The molecule has 0 aromatic heterocycles. The fraction of sp³-hybridized carbons (Fsp3) is 0.333. The largest absolute Gasteiger partial charge is 0.479 e. The molecule has 3 aromatic rings. The molecule has 1 unspecified atom stereocenters. The molecule has 3 aromatic carbocycles. The van der Waals surface area contributed by atoms with Gasteiger partial charge in [-0.1, -0.05) is 36.4 Å². The summed E-state index contributed by atoms with van der Waals surface area (Å²) in [5.41, 5.74) is 4.84. The van der Waals surface area contributed by atoms with E-state index in [2.05, 4.69) is 48.4 Å². The van der Waals surface area contributed by atoms with Crippen LogP contribution < -0.4 is 15.4 Å². The standard InChI is InChI=1S/C30H35N3O4/c1-20-28(34)32-26-18-24(12-14-27(26)37-20)31-29(35)22-11-13-25(21-9-7-6-8-10-21)23(17-22)19-33(15-16-36-5)30(2,3)4/h6-14,17-18,20H,15-16,19H2,1-5H3,(H,31,35)(H,32,34). The molecule has 0 fully saturated rings. The molecule has 7 heteroatoms. The van der Waals surface area contributed by atoms with Gasteiger partial charge in [0.2, 0.25) is 0 Å². The van der Waals surface area contributed by atoms with E-state index in [1.807, 2.05) is 36.4 Å². The number of carbonyl (C=O) groups excluding carboxylic acids is 2. The van der Waals surface area contributed by atoms with Crippen molar-refractivity contribution in [3.05, 3.63) is 77.9 Å². The maximum Gasteiger partial charge on any atom is 0.265 e. The maximum atomic E-state index is 13.3. The minimum Gasteiger partial charge on any atom is -0.479 e. The summed E-state index contributed by atoms with van der Waals surface area (Å²) in [6, 6.07) is 21.3. The average Bonchev–Trinajstić information content (AvgIpc) is 2.87. The molecule has 0 bridgehead atoms. The van der Waals surface area contributed by atoms with Crippen LogP contribution in [0, 0.1) is 0 Å². The molecule has 1 heterocycles. The quantitative estimate of drug-likeness (QED) is 0.422. The Bertz CT molecular complexity index is 1270. The van der Waals surface area contributed by atoms with Gasteiger partial charge in [0.05, 0.1) is 12.3 Å². The van der Waals surface area contributed by atoms with Crippen LogP contribution in [-0.2, 0) is 16.1 Å². The van der Waals surface area contributed by atoms with E-state index in [4.69, 9.17) is 9.47 Å². The number of nitrogens with one attached hydrogen (secondary N) is 2. The Hall–Kier alpha value is -3.68. The van der Waals surface area contributed by atoms with Crippen molar-refractivity contribution in [1.82, 2.24) is 4.90 Å². The van der Waals surface area contributed by atoms with E-state index in [-0.39, 0.29) is 17.4 Å². The van der Waals surface area contributed by atoms with Crippen LogP contribution in [0.3, 0.4) is 0 Å². The molecule has 1 aliphatic heterocycles. The first-order valence-electron chi connectivity index (χ1n) is 12.5. The van der Waals surface area contributed by atoms with Crippen molar-refractivity contribution in [2.24, 2.45) is 0 Å². The van der Waals surface area contributed by atoms with Gasteiger partial charge in [-0.2, -0.15) is 0 Å². The van der Waals surface area contributed by atoms with Crippen molar-refractivity contribution >= 4 is 23.2 Å². The Labute approximate surface area is 218 Å². The zero-order chi connectivity index (χ0) is 26.6. The number of carbonyl (C=O) groups is 2. The van der Waals surface area contributed by atoms with Crippen molar-refractivity contribution < 1.29 is 19.1 Å². The summed E-state index contributed by atoms with van der Waals surface area (Å²) in [5.74, 6) is 0.142. The van der Waals surface area contributed by atoms with Crippen LogP contribution in [0.5, 0.6) is 5.75 Å². The molecular weight excluding hydrogens is 466 g/mol. The highest BCUT2D eigenvalue weighted by Gasteiger charge is 2.25. The summed E-state index contributed by atoms with van der Waals surface area (Å²) < 4.78 is 11.0. The van der Waals surface area contributed by atoms with Crippen molar-refractivity contribution in [2.75, 3.05) is 30.9 Å². The second kappa shape index (κ2) is 11.2. The van der Waals surface area contributed by atoms with Gasteiger partial charge in [0.1, 0.15) is 5.75 Å². The van der Waals surface area contributed by atoms with Crippen LogP contribution in [0.2, 0.25) is 0 Å². The van der Waals surface area contributed by atoms with Gasteiger partial charge >= 0.3 is 0 Å². The van der Waals surface area contributed by atoms with Crippen LogP contribution in [0.15, 0.2) is 66.7 Å². The topological polar surface area (TPSA) is 79.9 Å². The lowest BCUT2D eigenvalue weighted by Gasteiger charge is -2.36. The predicted molar refractivity (Wildman–Crippen MR) is 147 cm³/mol. The second-order valence-corrected chi connectivity index (χ2v) is 10.2. The van der Waals surface area contributed by atoms with Gasteiger partial charge in [0.15, 0.2) is 6.10 Å². The number of benzene rings is 3. The predicted octanol–water partition coefficient (Wildman–Crippen LogP) is 5.57. The molecule has 0 aliphatic carbocycles.